The average Bonchev–Trinajstić information content (AvgIpc) is 3.57. The predicted molar refractivity (Wildman–Crippen MR) is 137 cm³/mol. The number of carbonyl (C=O) groups is 1. The van der Waals surface area contributed by atoms with Crippen molar-refractivity contribution in [3.63, 3.8) is 0 Å². The molecule has 0 aliphatic carbocycles. The van der Waals surface area contributed by atoms with Crippen molar-refractivity contribution in [1.29, 1.82) is 0 Å². The van der Waals surface area contributed by atoms with Crippen LogP contribution < -0.4 is 15.8 Å². The summed E-state index contributed by atoms with van der Waals surface area (Å²) >= 11 is 0. The summed E-state index contributed by atoms with van der Waals surface area (Å²) in [5.74, 6) is -0.117. The highest BCUT2D eigenvalue weighted by atomic mass is 32.2. The van der Waals surface area contributed by atoms with Gasteiger partial charge >= 0.3 is 0 Å². The van der Waals surface area contributed by atoms with Gasteiger partial charge in [0, 0.05) is 37.3 Å². The fraction of sp³-hybridized carbons (Fsp3) is 0.115. The smallest absolute Gasteiger partial charge is 0.270 e. The zero-order chi connectivity index (χ0) is 26.0. The number of amides is 1. The molecule has 9 nitrogen and oxygen atoms in total. The van der Waals surface area contributed by atoms with Crippen LogP contribution >= 0.6 is 0 Å². The van der Waals surface area contributed by atoms with Gasteiger partial charge in [0.1, 0.15) is 17.3 Å². The molecule has 0 atom stereocenters. The zero-order valence-electron chi connectivity index (χ0n) is 19.8. The summed E-state index contributed by atoms with van der Waals surface area (Å²) in [6.45, 7) is 0.736. The summed E-state index contributed by atoms with van der Waals surface area (Å²) < 4.78 is 38.5. The van der Waals surface area contributed by atoms with Gasteiger partial charge in [0.15, 0.2) is 9.84 Å². The minimum absolute atomic E-state index is 0.232. The molecule has 1 aliphatic heterocycles. The van der Waals surface area contributed by atoms with Crippen molar-refractivity contribution < 1.29 is 17.6 Å². The Kier molecular flexibility index (Phi) is 6.55. The number of benzene rings is 2. The first-order valence-corrected chi connectivity index (χ1v) is 13.2. The zero-order valence-corrected chi connectivity index (χ0v) is 20.6. The van der Waals surface area contributed by atoms with E-state index in [9.17, 15) is 17.6 Å². The first kappa shape index (κ1) is 24.3. The maximum atomic E-state index is 13.6. The quantitative estimate of drug-likeness (QED) is 0.387. The Morgan fingerprint density at radius 1 is 1.11 bits per heavy atom. The standard InChI is InChI=1S/C26H23FN6O3S/c1-37(35,36)23-10-8-22(9-11-23)32-16-18(14-29-32)13-28-26(34)24-6-3-7-25(31-24)33-17-20(15-30-33)19-4-2-5-21(27)12-19/h2-12,14,16-17,30H,13,15H2,1H3,(H,28,34). The third-order valence-electron chi connectivity index (χ3n) is 5.75. The molecule has 0 unspecified atom stereocenters. The Labute approximate surface area is 213 Å². The second kappa shape index (κ2) is 9.96. The van der Waals surface area contributed by atoms with Gasteiger partial charge in [0.2, 0.25) is 0 Å². The van der Waals surface area contributed by atoms with Crippen LogP contribution in [-0.2, 0) is 16.4 Å². The molecule has 2 N–H and O–H groups in total. The lowest BCUT2D eigenvalue weighted by molar-refractivity contribution is 0.0946. The van der Waals surface area contributed by atoms with Gasteiger partial charge in [-0.25, -0.2) is 27.9 Å². The van der Waals surface area contributed by atoms with Crippen LogP contribution in [-0.4, -0.2) is 41.9 Å². The Morgan fingerprint density at radius 3 is 2.65 bits per heavy atom. The number of carbonyl (C=O) groups excluding carboxylic acids is 1. The van der Waals surface area contributed by atoms with Gasteiger partial charge in [-0.2, -0.15) is 5.10 Å². The number of hydrogen-bond acceptors (Lipinski definition) is 7. The van der Waals surface area contributed by atoms with E-state index in [1.54, 1.807) is 58.5 Å². The molecule has 11 heteroatoms. The molecular weight excluding hydrogens is 495 g/mol. The van der Waals surface area contributed by atoms with Gasteiger partial charge in [-0.3, -0.25) is 9.80 Å². The van der Waals surface area contributed by atoms with Crippen molar-refractivity contribution >= 4 is 27.1 Å². The minimum atomic E-state index is -3.27. The molecular formula is C26H23FN6O3S. The Bertz CT molecular complexity index is 1600. The number of pyridine rings is 1. The van der Waals surface area contributed by atoms with Crippen LogP contribution in [0.25, 0.3) is 11.3 Å². The van der Waals surface area contributed by atoms with E-state index in [4.69, 9.17) is 0 Å². The Balaban J connectivity index is 1.23. The second-order valence-electron chi connectivity index (χ2n) is 8.49. The molecule has 0 radical (unpaired) electrons. The molecule has 4 aromatic rings. The van der Waals surface area contributed by atoms with Crippen LogP contribution in [0.4, 0.5) is 10.2 Å². The third kappa shape index (κ3) is 5.57. The molecule has 2 aromatic carbocycles. The Hall–Kier alpha value is -4.35. The molecule has 1 amide bonds. The molecule has 1 aliphatic rings. The first-order valence-electron chi connectivity index (χ1n) is 11.3. The topological polar surface area (TPSA) is 109 Å². The summed E-state index contributed by atoms with van der Waals surface area (Å²) in [4.78, 5) is 17.5. The number of hydrogen-bond donors (Lipinski definition) is 2. The molecule has 188 valence electrons. The first-order chi connectivity index (χ1) is 17.8. The predicted octanol–water partition coefficient (Wildman–Crippen LogP) is 3.11. The summed E-state index contributed by atoms with van der Waals surface area (Å²) in [5, 5.41) is 8.83. The monoisotopic (exact) mass is 518 g/mol. The molecule has 0 spiro atoms. The summed E-state index contributed by atoms with van der Waals surface area (Å²) in [5.41, 5.74) is 6.56. The van der Waals surface area contributed by atoms with E-state index in [0.29, 0.717) is 18.1 Å². The van der Waals surface area contributed by atoms with Gasteiger partial charge < -0.3 is 5.32 Å². The lowest BCUT2D eigenvalue weighted by atomic mass is 10.1. The van der Waals surface area contributed by atoms with Crippen LogP contribution in [0.5, 0.6) is 0 Å². The molecule has 2 aromatic heterocycles. The molecule has 0 fully saturated rings. The third-order valence-corrected chi connectivity index (χ3v) is 6.88. The highest BCUT2D eigenvalue weighted by molar-refractivity contribution is 7.90. The number of nitrogens with zero attached hydrogens (tertiary/aromatic N) is 4. The van der Waals surface area contributed by atoms with E-state index in [1.807, 2.05) is 12.3 Å². The van der Waals surface area contributed by atoms with Gasteiger partial charge in [-0.15, -0.1) is 0 Å². The van der Waals surface area contributed by atoms with Crippen molar-refractivity contribution in [3.05, 3.63) is 108 Å². The maximum Gasteiger partial charge on any atom is 0.270 e. The molecule has 3 heterocycles. The van der Waals surface area contributed by atoms with Gasteiger partial charge in [0.05, 0.1) is 16.8 Å². The number of nitrogens with one attached hydrogen (secondary N) is 2. The Morgan fingerprint density at radius 2 is 1.89 bits per heavy atom. The molecule has 5 rings (SSSR count). The number of hydrazine groups is 1. The molecule has 0 saturated heterocycles. The minimum Gasteiger partial charge on any atom is -0.347 e. The fourth-order valence-corrected chi connectivity index (χ4v) is 4.46. The van der Waals surface area contributed by atoms with Gasteiger partial charge in [-0.1, -0.05) is 18.2 Å². The van der Waals surface area contributed by atoms with Crippen molar-refractivity contribution in [1.82, 2.24) is 25.5 Å². The van der Waals surface area contributed by atoms with E-state index in [0.717, 1.165) is 23.0 Å². The lowest BCUT2D eigenvalue weighted by Gasteiger charge is -2.15. The highest BCUT2D eigenvalue weighted by Crippen LogP contribution is 2.22. The van der Waals surface area contributed by atoms with Crippen LogP contribution in [0, 0.1) is 5.82 Å². The van der Waals surface area contributed by atoms with Crippen LogP contribution in [0.15, 0.2) is 90.2 Å². The van der Waals surface area contributed by atoms with Crippen molar-refractivity contribution in [2.45, 2.75) is 11.4 Å². The van der Waals surface area contributed by atoms with Crippen molar-refractivity contribution in [2.24, 2.45) is 0 Å². The number of sulfone groups is 1. The van der Waals surface area contributed by atoms with E-state index in [2.05, 4.69) is 20.8 Å². The molecule has 0 saturated carbocycles. The number of rotatable bonds is 7. The second-order valence-corrected chi connectivity index (χ2v) is 10.5. The number of aromatic nitrogens is 3. The maximum absolute atomic E-state index is 13.6. The van der Waals surface area contributed by atoms with Crippen LogP contribution in [0.3, 0.4) is 0 Å². The summed E-state index contributed by atoms with van der Waals surface area (Å²) in [7, 11) is -3.27. The van der Waals surface area contributed by atoms with E-state index in [1.165, 1.54) is 24.3 Å². The average molecular weight is 519 g/mol. The van der Waals surface area contributed by atoms with E-state index >= 15 is 0 Å². The normalized spacial score (nSPS) is 13.5. The van der Waals surface area contributed by atoms with Crippen molar-refractivity contribution in [2.75, 3.05) is 17.8 Å². The fourth-order valence-electron chi connectivity index (χ4n) is 3.82. The largest absolute Gasteiger partial charge is 0.347 e. The molecule has 0 bridgehead atoms. The van der Waals surface area contributed by atoms with Gasteiger partial charge in [0.25, 0.3) is 5.91 Å². The number of anilines is 1. The van der Waals surface area contributed by atoms with Gasteiger partial charge in [-0.05, 0) is 59.7 Å². The SMILES string of the molecule is CS(=O)(=O)c1ccc(-n2cc(CNC(=O)c3cccc(N4C=C(c5cccc(F)c5)CN4)n3)cn2)cc1. The van der Waals surface area contributed by atoms with E-state index in [-0.39, 0.29) is 28.9 Å². The number of halogens is 1. The van der Waals surface area contributed by atoms with Crippen LogP contribution in [0.2, 0.25) is 0 Å². The highest BCUT2D eigenvalue weighted by Gasteiger charge is 2.18. The summed E-state index contributed by atoms with van der Waals surface area (Å²) in [6, 6.07) is 17.9. The van der Waals surface area contributed by atoms with E-state index < -0.39 is 9.84 Å². The van der Waals surface area contributed by atoms with Crippen molar-refractivity contribution in [3.8, 4) is 5.69 Å². The summed E-state index contributed by atoms with van der Waals surface area (Å²) in [6.07, 6.45) is 6.37. The van der Waals surface area contributed by atoms with Crippen LogP contribution in [0.1, 0.15) is 21.6 Å². The molecule has 37 heavy (non-hydrogen) atoms. The lowest BCUT2D eigenvalue weighted by Crippen LogP contribution is -2.30.